The Labute approximate surface area is 141 Å². The molecule has 0 radical (unpaired) electrons. The van der Waals surface area contributed by atoms with Gasteiger partial charge in [0.05, 0.1) is 0 Å². The van der Waals surface area contributed by atoms with E-state index < -0.39 is 0 Å². The van der Waals surface area contributed by atoms with E-state index in [1.165, 1.54) is 24.9 Å². The lowest BCUT2D eigenvalue weighted by Crippen LogP contribution is -2.48. The van der Waals surface area contributed by atoms with E-state index in [1.54, 1.807) is 0 Å². The van der Waals surface area contributed by atoms with Crippen LogP contribution in [0.4, 0.5) is 0 Å². The number of piperidine rings is 1. The third-order valence-corrected chi connectivity index (χ3v) is 3.93. The molecule has 0 aromatic heterocycles. The minimum atomic E-state index is 0. The molecular weight excluding hydrogens is 305 g/mol. The molecule has 0 spiro atoms. The summed E-state index contributed by atoms with van der Waals surface area (Å²) in [6, 6.07) is 11.7. The van der Waals surface area contributed by atoms with Crippen molar-refractivity contribution < 1.29 is 0 Å². The summed E-state index contributed by atoms with van der Waals surface area (Å²) in [5.74, 6) is 0. The lowest BCUT2D eigenvalue weighted by molar-refractivity contribution is 0.108. The van der Waals surface area contributed by atoms with E-state index >= 15 is 0 Å². The summed E-state index contributed by atoms with van der Waals surface area (Å²) in [6.07, 6.45) is 2.59. The number of likely N-dealkylation sites (N-methyl/N-ethyl adjacent to an activating group) is 1. The van der Waals surface area contributed by atoms with Gasteiger partial charge in [-0.25, -0.2) is 0 Å². The summed E-state index contributed by atoms with van der Waals surface area (Å²) in [5, 5.41) is 0. The molecule has 3 nitrogen and oxygen atoms in total. The monoisotopic (exact) mass is 333 g/mol. The van der Waals surface area contributed by atoms with E-state index in [0.717, 1.165) is 19.6 Å². The molecule has 21 heavy (non-hydrogen) atoms. The van der Waals surface area contributed by atoms with Crippen LogP contribution in [0.2, 0.25) is 0 Å². The minimum absolute atomic E-state index is 0. The second-order valence-corrected chi connectivity index (χ2v) is 5.93. The average molecular weight is 334 g/mol. The van der Waals surface area contributed by atoms with Crippen molar-refractivity contribution >= 4 is 24.8 Å². The van der Waals surface area contributed by atoms with Gasteiger partial charge in [-0.1, -0.05) is 30.3 Å². The molecule has 2 unspecified atom stereocenters. The van der Waals surface area contributed by atoms with Crippen LogP contribution in [-0.4, -0.2) is 48.6 Å². The van der Waals surface area contributed by atoms with Crippen LogP contribution in [0.15, 0.2) is 30.3 Å². The third kappa shape index (κ3) is 6.98. The van der Waals surface area contributed by atoms with E-state index in [9.17, 15) is 0 Å². The number of hydrogen-bond acceptors (Lipinski definition) is 3. The van der Waals surface area contributed by atoms with Crippen molar-refractivity contribution in [1.82, 2.24) is 9.80 Å². The van der Waals surface area contributed by atoms with Crippen molar-refractivity contribution in [2.45, 2.75) is 38.4 Å². The molecule has 0 aliphatic carbocycles. The van der Waals surface area contributed by atoms with Crippen LogP contribution in [0.5, 0.6) is 0 Å². The number of hydrogen-bond donors (Lipinski definition) is 1. The summed E-state index contributed by atoms with van der Waals surface area (Å²) >= 11 is 0. The van der Waals surface area contributed by atoms with Crippen molar-refractivity contribution in [3.63, 3.8) is 0 Å². The van der Waals surface area contributed by atoms with E-state index in [-0.39, 0.29) is 30.9 Å². The van der Waals surface area contributed by atoms with Crippen LogP contribution in [-0.2, 0) is 6.54 Å². The van der Waals surface area contributed by atoms with Crippen LogP contribution >= 0.6 is 24.8 Å². The first kappa shape index (κ1) is 20.7. The number of rotatable bonds is 5. The third-order valence-electron chi connectivity index (χ3n) is 3.93. The largest absolute Gasteiger partial charge is 0.327 e. The van der Waals surface area contributed by atoms with Gasteiger partial charge in [-0.2, -0.15) is 0 Å². The predicted octanol–water partition coefficient (Wildman–Crippen LogP) is 2.77. The Morgan fingerprint density at radius 3 is 2.57 bits per heavy atom. The summed E-state index contributed by atoms with van der Waals surface area (Å²) < 4.78 is 0. The summed E-state index contributed by atoms with van der Waals surface area (Å²) in [5.41, 5.74) is 7.32. The maximum absolute atomic E-state index is 5.90. The minimum Gasteiger partial charge on any atom is -0.327 e. The lowest BCUT2D eigenvalue weighted by Gasteiger charge is -2.38. The van der Waals surface area contributed by atoms with Crippen molar-refractivity contribution in [3.05, 3.63) is 35.9 Å². The highest BCUT2D eigenvalue weighted by atomic mass is 35.5. The van der Waals surface area contributed by atoms with Gasteiger partial charge in [0, 0.05) is 31.7 Å². The summed E-state index contributed by atoms with van der Waals surface area (Å²) in [6.45, 7) is 6.53. The molecule has 1 heterocycles. The van der Waals surface area contributed by atoms with Crippen molar-refractivity contribution in [3.8, 4) is 0 Å². The van der Waals surface area contributed by atoms with E-state index in [2.05, 4.69) is 54.1 Å². The lowest BCUT2D eigenvalue weighted by atomic mass is 10.0. The van der Waals surface area contributed by atoms with Gasteiger partial charge in [0.2, 0.25) is 0 Å². The average Bonchev–Trinajstić information content (AvgIpc) is 2.39. The van der Waals surface area contributed by atoms with E-state index in [1.807, 2.05) is 0 Å². The highest BCUT2D eigenvalue weighted by molar-refractivity contribution is 5.85. The maximum atomic E-state index is 5.90. The molecule has 2 N–H and O–H groups in total. The van der Waals surface area contributed by atoms with Gasteiger partial charge in [0.25, 0.3) is 0 Å². The molecule has 1 fully saturated rings. The number of nitrogens with zero attached hydrogens (tertiary/aromatic N) is 2. The fraction of sp³-hybridized carbons (Fsp3) is 0.625. The Bertz CT molecular complexity index is 373. The molecule has 5 heteroatoms. The molecule has 0 saturated carbocycles. The first-order valence-electron chi connectivity index (χ1n) is 7.37. The molecule has 1 aromatic rings. The fourth-order valence-electron chi connectivity index (χ4n) is 2.98. The van der Waals surface area contributed by atoms with Crippen LogP contribution in [0.3, 0.4) is 0 Å². The number of nitrogens with two attached hydrogens (primary N) is 1. The van der Waals surface area contributed by atoms with E-state index in [0.29, 0.717) is 6.04 Å². The highest BCUT2D eigenvalue weighted by Crippen LogP contribution is 2.17. The quantitative estimate of drug-likeness (QED) is 0.899. The molecule has 1 aliphatic rings. The molecule has 1 aromatic carbocycles. The maximum Gasteiger partial charge on any atom is 0.0234 e. The second kappa shape index (κ2) is 10.4. The topological polar surface area (TPSA) is 32.5 Å². The smallest absolute Gasteiger partial charge is 0.0234 e. The zero-order chi connectivity index (χ0) is 13.7. The summed E-state index contributed by atoms with van der Waals surface area (Å²) in [4.78, 5) is 5.00. The van der Waals surface area contributed by atoms with Crippen LogP contribution < -0.4 is 5.73 Å². The number of likely N-dealkylation sites (tertiary alicyclic amines) is 1. The Kier molecular flexibility index (Phi) is 10.3. The predicted molar refractivity (Wildman–Crippen MR) is 95.5 cm³/mol. The Hall–Kier alpha value is -0.320. The van der Waals surface area contributed by atoms with E-state index in [4.69, 9.17) is 5.73 Å². The molecule has 2 rings (SSSR count). The van der Waals surface area contributed by atoms with Crippen LogP contribution in [0.25, 0.3) is 0 Å². The normalized spacial score (nSPS) is 20.5. The van der Waals surface area contributed by atoms with Gasteiger partial charge in [-0.3, -0.25) is 4.90 Å². The highest BCUT2D eigenvalue weighted by Gasteiger charge is 2.23. The number of halogens is 2. The first-order valence-corrected chi connectivity index (χ1v) is 7.37. The molecule has 122 valence electrons. The van der Waals surface area contributed by atoms with Gasteiger partial charge in [0.1, 0.15) is 0 Å². The van der Waals surface area contributed by atoms with Crippen molar-refractivity contribution in [2.75, 3.05) is 26.7 Å². The molecular formula is C16H29Cl2N3. The fourth-order valence-corrected chi connectivity index (χ4v) is 2.98. The Balaban J connectivity index is 0.00000200. The van der Waals surface area contributed by atoms with Crippen LogP contribution in [0.1, 0.15) is 25.3 Å². The Morgan fingerprint density at radius 1 is 1.29 bits per heavy atom. The molecule has 1 aliphatic heterocycles. The Morgan fingerprint density at radius 2 is 1.95 bits per heavy atom. The van der Waals surface area contributed by atoms with Gasteiger partial charge in [-0.05, 0) is 38.9 Å². The van der Waals surface area contributed by atoms with Gasteiger partial charge < -0.3 is 10.6 Å². The SMILES string of the molecule is CC(N)CN(C)C1CCCN(Cc2ccccc2)C1.Cl.Cl. The zero-order valence-corrected chi connectivity index (χ0v) is 14.7. The molecule has 0 bridgehead atoms. The second-order valence-electron chi connectivity index (χ2n) is 5.93. The summed E-state index contributed by atoms with van der Waals surface area (Å²) in [7, 11) is 2.21. The zero-order valence-electron chi connectivity index (χ0n) is 13.1. The molecule has 2 atom stereocenters. The van der Waals surface area contributed by atoms with Gasteiger partial charge in [0.15, 0.2) is 0 Å². The molecule has 1 saturated heterocycles. The van der Waals surface area contributed by atoms with Crippen molar-refractivity contribution in [1.29, 1.82) is 0 Å². The van der Waals surface area contributed by atoms with Gasteiger partial charge >= 0.3 is 0 Å². The standard InChI is InChI=1S/C16H27N3.2ClH/c1-14(17)11-18(2)16-9-6-10-19(13-16)12-15-7-4-3-5-8-15;;/h3-5,7-8,14,16H,6,9-13,17H2,1-2H3;2*1H. The number of benzene rings is 1. The van der Waals surface area contributed by atoms with Gasteiger partial charge in [-0.15, -0.1) is 24.8 Å². The van der Waals surface area contributed by atoms with Crippen molar-refractivity contribution in [2.24, 2.45) is 5.73 Å². The molecule has 0 amide bonds. The van der Waals surface area contributed by atoms with Crippen LogP contribution in [0, 0.1) is 0 Å². The first-order chi connectivity index (χ1) is 9.15.